The summed E-state index contributed by atoms with van der Waals surface area (Å²) in [5, 5.41) is 0. The van der Waals surface area contributed by atoms with Crippen molar-refractivity contribution in [2.24, 2.45) is 11.3 Å². The number of esters is 1. The standard InChI is InChI=1S/C22H35NO3/c1-4-5-14-23(21(25)22-12-10-19(17-22)11-13-22)15-8-6-7-9-16-26-20(24)18(2)3/h10,12,19H,2,4-9,11,13-17H2,1,3H3. The highest BCUT2D eigenvalue weighted by molar-refractivity contribution is 5.87. The van der Waals surface area contributed by atoms with E-state index in [2.05, 4.69) is 30.6 Å². The van der Waals surface area contributed by atoms with Crippen LogP contribution in [0, 0.1) is 11.3 Å². The Morgan fingerprint density at radius 3 is 2.50 bits per heavy atom. The Hall–Kier alpha value is -1.58. The Labute approximate surface area is 158 Å². The van der Waals surface area contributed by atoms with Gasteiger partial charge < -0.3 is 9.64 Å². The van der Waals surface area contributed by atoms with Crippen LogP contribution in [0.15, 0.2) is 24.3 Å². The summed E-state index contributed by atoms with van der Waals surface area (Å²) in [6.45, 7) is 9.60. The molecule has 2 rings (SSSR count). The van der Waals surface area contributed by atoms with Crippen LogP contribution in [0.3, 0.4) is 0 Å². The van der Waals surface area contributed by atoms with E-state index >= 15 is 0 Å². The fourth-order valence-corrected chi connectivity index (χ4v) is 4.04. The van der Waals surface area contributed by atoms with Crippen LogP contribution in [-0.4, -0.2) is 36.5 Å². The molecule has 0 N–H and O–H groups in total. The molecule has 0 aliphatic heterocycles. The fourth-order valence-electron chi connectivity index (χ4n) is 4.04. The molecular formula is C22H35NO3. The van der Waals surface area contributed by atoms with Gasteiger partial charge in [-0.25, -0.2) is 4.79 Å². The van der Waals surface area contributed by atoms with E-state index in [0.29, 0.717) is 24.0 Å². The number of ether oxygens (including phenoxy) is 1. The van der Waals surface area contributed by atoms with Gasteiger partial charge in [0.2, 0.25) is 5.91 Å². The smallest absolute Gasteiger partial charge is 0.333 e. The highest BCUT2D eigenvalue weighted by Crippen LogP contribution is 2.50. The van der Waals surface area contributed by atoms with E-state index in [4.69, 9.17) is 4.74 Å². The largest absolute Gasteiger partial charge is 0.462 e. The first-order valence-corrected chi connectivity index (χ1v) is 10.3. The molecule has 1 fully saturated rings. The Bertz CT molecular complexity index is 540. The lowest BCUT2D eigenvalue weighted by Gasteiger charge is -2.32. The van der Waals surface area contributed by atoms with E-state index in [1.54, 1.807) is 6.92 Å². The maximum atomic E-state index is 13.1. The molecule has 1 saturated carbocycles. The number of hydrogen-bond acceptors (Lipinski definition) is 3. The molecule has 0 aromatic heterocycles. The summed E-state index contributed by atoms with van der Waals surface area (Å²) in [6.07, 6.45) is 13.8. The minimum atomic E-state index is -0.305. The van der Waals surface area contributed by atoms with Gasteiger partial charge in [0.15, 0.2) is 0 Å². The summed E-state index contributed by atoms with van der Waals surface area (Å²) in [5.41, 5.74) is 0.263. The molecule has 26 heavy (non-hydrogen) atoms. The van der Waals surface area contributed by atoms with Crippen LogP contribution in [0.1, 0.15) is 71.6 Å². The molecule has 0 spiro atoms. The first-order valence-electron chi connectivity index (χ1n) is 10.3. The molecule has 2 aliphatic carbocycles. The lowest BCUT2D eigenvalue weighted by molar-refractivity contribution is -0.140. The van der Waals surface area contributed by atoms with Crippen LogP contribution in [0.5, 0.6) is 0 Å². The Kier molecular flexibility index (Phi) is 7.92. The zero-order valence-corrected chi connectivity index (χ0v) is 16.6. The van der Waals surface area contributed by atoms with Crippen LogP contribution in [0.4, 0.5) is 0 Å². The minimum Gasteiger partial charge on any atom is -0.462 e. The zero-order chi connectivity index (χ0) is 19.0. The highest BCUT2D eigenvalue weighted by Gasteiger charge is 2.47. The summed E-state index contributed by atoms with van der Waals surface area (Å²) < 4.78 is 5.11. The number of carbonyl (C=O) groups excluding carboxylic acids is 2. The molecule has 1 amide bonds. The minimum absolute atomic E-state index is 0.185. The van der Waals surface area contributed by atoms with E-state index in [-0.39, 0.29) is 11.4 Å². The van der Waals surface area contributed by atoms with Crippen molar-refractivity contribution in [3.63, 3.8) is 0 Å². The Morgan fingerprint density at radius 2 is 1.92 bits per heavy atom. The van der Waals surface area contributed by atoms with Crippen molar-refractivity contribution in [1.82, 2.24) is 4.90 Å². The van der Waals surface area contributed by atoms with Gasteiger partial charge in [0.1, 0.15) is 0 Å². The molecule has 4 nitrogen and oxygen atoms in total. The van der Waals surface area contributed by atoms with Crippen molar-refractivity contribution < 1.29 is 14.3 Å². The van der Waals surface area contributed by atoms with Gasteiger partial charge in [0.05, 0.1) is 12.0 Å². The van der Waals surface area contributed by atoms with Gasteiger partial charge in [0.25, 0.3) is 0 Å². The predicted molar refractivity (Wildman–Crippen MR) is 105 cm³/mol. The monoisotopic (exact) mass is 361 g/mol. The van der Waals surface area contributed by atoms with E-state index in [1.165, 1.54) is 6.42 Å². The van der Waals surface area contributed by atoms with Crippen LogP contribution in [0.25, 0.3) is 0 Å². The number of nitrogens with zero attached hydrogens (tertiary/aromatic N) is 1. The maximum absolute atomic E-state index is 13.1. The predicted octanol–water partition coefficient (Wildman–Crippen LogP) is 4.65. The van der Waals surface area contributed by atoms with Crippen LogP contribution >= 0.6 is 0 Å². The average Bonchev–Trinajstić information content (AvgIpc) is 3.25. The van der Waals surface area contributed by atoms with Crippen molar-refractivity contribution in [1.29, 1.82) is 0 Å². The third-order valence-electron chi connectivity index (χ3n) is 5.67. The number of amides is 1. The fraction of sp³-hybridized carbons (Fsp3) is 0.727. The van der Waals surface area contributed by atoms with E-state index in [0.717, 1.165) is 64.5 Å². The number of allylic oxidation sites excluding steroid dienone is 1. The van der Waals surface area contributed by atoms with Gasteiger partial charge in [-0.3, -0.25) is 4.79 Å². The molecule has 0 aromatic rings. The first-order chi connectivity index (χ1) is 12.5. The molecular weight excluding hydrogens is 326 g/mol. The second-order valence-electron chi connectivity index (χ2n) is 7.99. The molecule has 0 heterocycles. The number of rotatable bonds is 12. The van der Waals surface area contributed by atoms with Gasteiger partial charge >= 0.3 is 5.97 Å². The summed E-state index contributed by atoms with van der Waals surface area (Å²) in [5.74, 6) is 0.687. The van der Waals surface area contributed by atoms with Crippen LogP contribution in [-0.2, 0) is 14.3 Å². The van der Waals surface area contributed by atoms with E-state index in [9.17, 15) is 9.59 Å². The quantitative estimate of drug-likeness (QED) is 0.220. The van der Waals surface area contributed by atoms with Gasteiger partial charge in [0, 0.05) is 18.7 Å². The van der Waals surface area contributed by atoms with Crippen LogP contribution < -0.4 is 0 Å². The molecule has 0 aromatic carbocycles. The van der Waals surface area contributed by atoms with Gasteiger partial charge in [-0.15, -0.1) is 0 Å². The highest BCUT2D eigenvalue weighted by atomic mass is 16.5. The molecule has 0 radical (unpaired) electrons. The Morgan fingerprint density at radius 1 is 1.19 bits per heavy atom. The molecule has 146 valence electrons. The molecule has 2 unspecified atom stereocenters. The summed E-state index contributed by atoms with van der Waals surface area (Å²) in [6, 6.07) is 0. The second kappa shape index (κ2) is 9.94. The molecule has 2 aliphatic rings. The maximum Gasteiger partial charge on any atom is 0.333 e. The summed E-state index contributed by atoms with van der Waals surface area (Å²) >= 11 is 0. The molecule has 2 bridgehead atoms. The second-order valence-corrected chi connectivity index (χ2v) is 7.99. The SMILES string of the molecule is C=C(C)C(=O)OCCCCCCN(CCCC)C(=O)C12C=CC(CC1)C2. The van der Waals surface area contributed by atoms with Crippen molar-refractivity contribution in [2.75, 3.05) is 19.7 Å². The summed E-state index contributed by atoms with van der Waals surface area (Å²) in [4.78, 5) is 26.6. The van der Waals surface area contributed by atoms with Gasteiger partial charge in [-0.05, 0) is 57.8 Å². The third-order valence-corrected chi connectivity index (χ3v) is 5.67. The van der Waals surface area contributed by atoms with Gasteiger partial charge in [-0.1, -0.05) is 38.5 Å². The number of unbranched alkanes of at least 4 members (excludes halogenated alkanes) is 4. The number of fused-ring (bicyclic) bond motifs is 2. The van der Waals surface area contributed by atoms with Crippen LogP contribution in [0.2, 0.25) is 0 Å². The molecule has 4 heteroatoms. The van der Waals surface area contributed by atoms with Gasteiger partial charge in [-0.2, -0.15) is 0 Å². The summed E-state index contributed by atoms with van der Waals surface area (Å²) in [7, 11) is 0. The zero-order valence-electron chi connectivity index (χ0n) is 16.6. The van der Waals surface area contributed by atoms with Crippen molar-refractivity contribution >= 4 is 11.9 Å². The first kappa shape index (κ1) is 20.7. The topological polar surface area (TPSA) is 46.6 Å². The number of carbonyl (C=O) groups is 2. The molecule has 2 atom stereocenters. The number of hydrogen-bond donors (Lipinski definition) is 0. The molecule has 0 saturated heterocycles. The van der Waals surface area contributed by atoms with Crippen molar-refractivity contribution in [3.05, 3.63) is 24.3 Å². The normalized spacial score (nSPS) is 23.2. The third kappa shape index (κ3) is 5.46. The lowest BCUT2D eigenvalue weighted by atomic mass is 9.86. The lowest BCUT2D eigenvalue weighted by Crippen LogP contribution is -2.42. The van der Waals surface area contributed by atoms with Crippen molar-refractivity contribution in [2.45, 2.75) is 71.6 Å². The Balaban J connectivity index is 1.69. The van der Waals surface area contributed by atoms with E-state index < -0.39 is 0 Å². The average molecular weight is 362 g/mol. The van der Waals surface area contributed by atoms with E-state index in [1.807, 2.05) is 0 Å². The van der Waals surface area contributed by atoms with Crippen molar-refractivity contribution in [3.8, 4) is 0 Å².